The lowest BCUT2D eigenvalue weighted by Gasteiger charge is -2.10. The topological polar surface area (TPSA) is 114 Å². The van der Waals surface area contributed by atoms with Gasteiger partial charge in [-0.25, -0.2) is 0 Å². The molecule has 0 saturated carbocycles. The molecule has 110 valence electrons. The number of nitriles is 2. The molecule has 0 saturated heterocycles. The van der Waals surface area contributed by atoms with Gasteiger partial charge in [-0.2, -0.15) is 15.7 Å². The smallest absolute Gasteiger partial charge is 0.216 e. The predicted molar refractivity (Wildman–Crippen MR) is 81.3 cm³/mol. The molecule has 0 atom stereocenters. The zero-order valence-corrected chi connectivity index (χ0v) is 12.4. The molecule has 7 heteroatoms. The van der Waals surface area contributed by atoms with Gasteiger partial charge in [0, 0.05) is 11.9 Å². The Bertz CT molecular complexity index is 735. The lowest BCUT2D eigenvalue weighted by atomic mass is 9.97. The van der Waals surface area contributed by atoms with Gasteiger partial charge in [0.15, 0.2) is 0 Å². The highest BCUT2D eigenvalue weighted by atomic mass is 15.5. The van der Waals surface area contributed by atoms with Gasteiger partial charge in [-0.3, -0.25) is 0 Å². The summed E-state index contributed by atoms with van der Waals surface area (Å²) in [7, 11) is 0. The van der Waals surface area contributed by atoms with Gasteiger partial charge in [0.2, 0.25) is 5.82 Å². The molecule has 0 unspecified atom stereocenters. The van der Waals surface area contributed by atoms with Crippen molar-refractivity contribution >= 4 is 11.3 Å². The van der Waals surface area contributed by atoms with Crippen molar-refractivity contribution < 1.29 is 0 Å². The Kier molecular flexibility index (Phi) is 4.84. The SMILES string of the molecule is CCc1cc(NC=C(C#N)c2nn[nH]n2)cc(CC)c1C#N. The van der Waals surface area contributed by atoms with Crippen LogP contribution in [-0.2, 0) is 12.8 Å². The lowest BCUT2D eigenvalue weighted by molar-refractivity contribution is 0.881. The average molecular weight is 293 g/mol. The first-order chi connectivity index (χ1) is 10.7. The van der Waals surface area contributed by atoms with E-state index in [9.17, 15) is 5.26 Å². The quantitative estimate of drug-likeness (QED) is 0.816. The first-order valence-corrected chi connectivity index (χ1v) is 6.90. The van der Waals surface area contributed by atoms with Crippen LogP contribution in [0.15, 0.2) is 18.3 Å². The van der Waals surface area contributed by atoms with E-state index >= 15 is 0 Å². The van der Waals surface area contributed by atoms with E-state index in [1.54, 1.807) is 0 Å². The summed E-state index contributed by atoms with van der Waals surface area (Å²) in [5.74, 6) is 0.232. The van der Waals surface area contributed by atoms with Gasteiger partial charge in [-0.1, -0.05) is 13.8 Å². The van der Waals surface area contributed by atoms with Crippen molar-refractivity contribution in [2.24, 2.45) is 0 Å². The maximum Gasteiger partial charge on any atom is 0.216 e. The molecule has 2 aromatic rings. The second-order valence-corrected chi connectivity index (χ2v) is 4.54. The van der Waals surface area contributed by atoms with E-state index in [1.807, 2.05) is 32.0 Å². The molecule has 0 radical (unpaired) electrons. The molecule has 7 nitrogen and oxygen atoms in total. The van der Waals surface area contributed by atoms with Crippen molar-refractivity contribution in [3.63, 3.8) is 0 Å². The van der Waals surface area contributed by atoms with Crippen molar-refractivity contribution in [3.05, 3.63) is 40.8 Å². The third kappa shape index (κ3) is 3.10. The number of anilines is 1. The van der Waals surface area contributed by atoms with E-state index in [0.717, 1.165) is 35.2 Å². The van der Waals surface area contributed by atoms with Crippen LogP contribution in [0.4, 0.5) is 5.69 Å². The van der Waals surface area contributed by atoms with Gasteiger partial charge in [0.25, 0.3) is 0 Å². The number of nitrogens with one attached hydrogen (secondary N) is 2. The van der Waals surface area contributed by atoms with E-state index in [-0.39, 0.29) is 11.4 Å². The Hall–Kier alpha value is -3.19. The molecule has 0 fully saturated rings. The van der Waals surface area contributed by atoms with Gasteiger partial charge >= 0.3 is 0 Å². The number of rotatable bonds is 5. The molecule has 2 N–H and O–H groups in total. The number of nitrogens with zero attached hydrogens (tertiary/aromatic N) is 5. The van der Waals surface area contributed by atoms with Crippen LogP contribution in [0.3, 0.4) is 0 Å². The minimum atomic E-state index is 0.232. The van der Waals surface area contributed by atoms with E-state index in [4.69, 9.17) is 5.26 Å². The van der Waals surface area contributed by atoms with E-state index in [2.05, 4.69) is 32.0 Å². The van der Waals surface area contributed by atoms with Crippen LogP contribution in [0, 0.1) is 22.7 Å². The molecule has 1 aromatic heterocycles. The third-order valence-electron chi connectivity index (χ3n) is 3.27. The number of allylic oxidation sites excluding steroid dienone is 1. The molecular weight excluding hydrogens is 278 g/mol. The molecule has 2 rings (SSSR count). The Labute approximate surface area is 128 Å². The van der Waals surface area contributed by atoms with E-state index in [0.29, 0.717) is 0 Å². The number of benzene rings is 1. The maximum atomic E-state index is 9.28. The molecule has 0 amide bonds. The molecule has 0 bridgehead atoms. The largest absolute Gasteiger partial charge is 0.360 e. The van der Waals surface area contributed by atoms with Crippen LogP contribution in [0.5, 0.6) is 0 Å². The number of aromatic amines is 1. The van der Waals surface area contributed by atoms with E-state index in [1.165, 1.54) is 6.20 Å². The average Bonchev–Trinajstić information content (AvgIpc) is 3.08. The van der Waals surface area contributed by atoms with Crippen molar-refractivity contribution in [1.82, 2.24) is 20.6 Å². The van der Waals surface area contributed by atoms with Gasteiger partial charge in [-0.15, -0.1) is 10.2 Å². The summed E-state index contributed by atoms with van der Waals surface area (Å²) < 4.78 is 0. The molecule has 1 aromatic carbocycles. The molecule has 22 heavy (non-hydrogen) atoms. The highest BCUT2D eigenvalue weighted by Gasteiger charge is 2.09. The molecule has 0 spiro atoms. The molecule has 0 aliphatic heterocycles. The number of aryl methyl sites for hydroxylation is 2. The van der Waals surface area contributed by atoms with Gasteiger partial charge < -0.3 is 5.32 Å². The maximum absolute atomic E-state index is 9.28. The first-order valence-electron chi connectivity index (χ1n) is 6.90. The minimum Gasteiger partial charge on any atom is -0.360 e. The summed E-state index contributed by atoms with van der Waals surface area (Å²) in [6.07, 6.45) is 3.07. The number of tetrazole rings is 1. The molecular formula is C15H15N7. The van der Waals surface area contributed by atoms with Crippen LogP contribution in [0.2, 0.25) is 0 Å². The lowest BCUT2D eigenvalue weighted by Crippen LogP contribution is -1.99. The summed E-state index contributed by atoms with van der Waals surface area (Å²) in [6.45, 7) is 4.02. The molecule has 1 heterocycles. The Balaban J connectivity index is 2.34. The van der Waals surface area contributed by atoms with Gasteiger partial charge in [0.1, 0.15) is 11.6 Å². The third-order valence-corrected chi connectivity index (χ3v) is 3.27. The van der Waals surface area contributed by atoms with Crippen molar-refractivity contribution in [1.29, 1.82) is 10.5 Å². The Morgan fingerprint density at radius 2 is 1.95 bits per heavy atom. The monoisotopic (exact) mass is 293 g/mol. The molecule has 0 aliphatic rings. The van der Waals surface area contributed by atoms with Crippen LogP contribution < -0.4 is 5.32 Å². The molecule has 0 aliphatic carbocycles. The Morgan fingerprint density at radius 1 is 1.27 bits per heavy atom. The normalized spacial score (nSPS) is 10.8. The number of aromatic nitrogens is 4. The number of hydrogen-bond acceptors (Lipinski definition) is 6. The van der Waals surface area contributed by atoms with Crippen LogP contribution in [-0.4, -0.2) is 20.6 Å². The van der Waals surface area contributed by atoms with Crippen LogP contribution in [0.25, 0.3) is 5.57 Å². The van der Waals surface area contributed by atoms with Crippen molar-refractivity contribution in [2.45, 2.75) is 26.7 Å². The van der Waals surface area contributed by atoms with Crippen molar-refractivity contribution in [3.8, 4) is 12.1 Å². The first kappa shape index (κ1) is 15.2. The predicted octanol–water partition coefficient (Wildman–Crippen LogP) is 2.17. The number of hydrogen-bond donors (Lipinski definition) is 2. The summed E-state index contributed by atoms with van der Waals surface area (Å²) in [5, 5.41) is 34.8. The zero-order chi connectivity index (χ0) is 15.9. The van der Waals surface area contributed by atoms with Crippen LogP contribution >= 0.6 is 0 Å². The summed E-state index contributed by atoms with van der Waals surface area (Å²) >= 11 is 0. The van der Waals surface area contributed by atoms with Gasteiger partial charge in [0.05, 0.1) is 11.6 Å². The standard InChI is InChI=1S/C15H15N7/c1-3-10-5-13(6-11(4-2)14(10)8-17)18-9-12(7-16)15-19-21-22-20-15/h5-6,9,18H,3-4H2,1-2H3,(H,19,20,21,22). The summed E-state index contributed by atoms with van der Waals surface area (Å²) in [5.41, 5.74) is 3.79. The second kappa shape index (κ2) is 7.00. The highest BCUT2D eigenvalue weighted by Crippen LogP contribution is 2.22. The number of H-pyrrole nitrogens is 1. The van der Waals surface area contributed by atoms with Crippen molar-refractivity contribution in [2.75, 3.05) is 5.32 Å². The highest BCUT2D eigenvalue weighted by molar-refractivity contribution is 5.74. The fourth-order valence-electron chi connectivity index (χ4n) is 2.13. The van der Waals surface area contributed by atoms with Gasteiger partial charge in [-0.05, 0) is 41.3 Å². The minimum absolute atomic E-state index is 0.232. The van der Waals surface area contributed by atoms with E-state index < -0.39 is 0 Å². The summed E-state index contributed by atoms with van der Waals surface area (Å²) in [6, 6.07) is 8.11. The fourth-order valence-corrected chi connectivity index (χ4v) is 2.13. The van der Waals surface area contributed by atoms with Crippen LogP contribution in [0.1, 0.15) is 36.4 Å². The fraction of sp³-hybridized carbons (Fsp3) is 0.267. The summed E-state index contributed by atoms with van der Waals surface area (Å²) in [4.78, 5) is 0. The zero-order valence-electron chi connectivity index (χ0n) is 12.4. The Morgan fingerprint density at radius 3 is 2.41 bits per heavy atom. The second-order valence-electron chi connectivity index (χ2n) is 4.54.